The average Bonchev–Trinajstić information content (AvgIpc) is 2.99. The van der Waals surface area contributed by atoms with Crippen LogP contribution in [0.5, 0.6) is 5.75 Å². The number of hydrogen-bond donors (Lipinski definition) is 2. The summed E-state index contributed by atoms with van der Waals surface area (Å²) in [5.41, 5.74) is 6.86. The van der Waals surface area contributed by atoms with Crippen LogP contribution in [0.15, 0.2) is 18.2 Å². The van der Waals surface area contributed by atoms with Crippen LogP contribution in [-0.4, -0.2) is 13.0 Å². The van der Waals surface area contributed by atoms with E-state index in [-0.39, 0.29) is 0 Å². The van der Waals surface area contributed by atoms with Crippen LogP contribution in [0.25, 0.3) is 0 Å². The zero-order valence-corrected chi connectivity index (χ0v) is 10.3. The number of aromatic hydroxyl groups is 1. The van der Waals surface area contributed by atoms with Crippen molar-refractivity contribution in [3.63, 3.8) is 0 Å². The molecule has 2 aliphatic rings. The topological polar surface area (TPSA) is 46.2 Å². The molecule has 1 saturated carbocycles. The van der Waals surface area contributed by atoms with Gasteiger partial charge >= 0.3 is 91.0 Å². The number of anilines is 1. The van der Waals surface area contributed by atoms with Gasteiger partial charge in [-0.3, -0.25) is 0 Å². The van der Waals surface area contributed by atoms with E-state index in [1.165, 1.54) is 14.4 Å². The van der Waals surface area contributed by atoms with Crippen molar-refractivity contribution in [2.45, 2.75) is 16.8 Å². The van der Waals surface area contributed by atoms with Crippen molar-refractivity contribution in [3.05, 3.63) is 21.8 Å². The van der Waals surface area contributed by atoms with Crippen LogP contribution in [-0.2, 0) is 0 Å². The van der Waals surface area contributed by atoms with Gasteiger partial charge in [-0.25, -0.2) is 0 Å². The van der Waals surface area contributed by atoms with E-state index in [0.717, 1.165) is 15.0 Å². The van der Waals surface area contributed by atoms with Crippen molar-refractivity contribution in [2.24, 2.45) is 5.92 Å². The normalized spacial score (nSPS) is 36.1. The summed E-state index contributed by atoms with van der Waals surface area (Å²) < 4.78 is 3.47. The second-order valence-electron chi connectivity index (χ2n) is 4.34. The Morgan fingerprint density at radius 1 is 1.57 bits per heavy atom. The molecule has 1 aliphatic carbocycles. The molecule has 1 aromatic rings. The second kappa shape index (κ2) is 2.56. The van der Waals surface area contributed by atoms with Crippen molar-refractivity contribution in [1.29, 1.82) is 0 Å². The van der Waals surface area contributed by atoms with E-state index >= 15 is 0 Å². The van der Waals surface area contributed by atoms with Crippen LogP contribution >= 0.6 is 19.8 Å². The van der Waals surface area contributed by atoms with Gasteiger partial charge in [0, 0.05) is 0 Å². The Kier molecular flexibility index (Phi) is 1.62. The summed E-state index contributed by atoms with van der Waals surface area (Å²) in [5, 5.41) is 9.44. The fourth-order valence-corrected chi connectivity index (χ4v) is 11.0. The summed E-state index contributed by atoms with van der Waals surface area (Å²) in [7, 11) is 0. The molecule has 0 aromatic heterocycles. The standard InChI is InChI=1S/C11H14INO/c1-7-5-11(7)6-12(11)9-4-8(14)2-3-10(9)13/h2-4,7,14H,5-6,13H2,1H3. The quantitative estimate of drug-likeness (QED) is 0.362. The molecule has 2 nitrogen and oxygen atoms in total. The molecule has 1 aromatic carbocycles. The summed E-state index contributed by atoms with van der Waals surface area (Å²) >= 11 is -0.967. The molecule has 0 bridgehead atoms. The first-order chi connectivity index (χ1) is 6.63. The van der Waals surface area contributed by atoms with Crippen LogP contribution in [0.2, 0.25) is 0 Å². The maximum atomic E-state index is 9.44. The summed E-state index contributed by atoms with van der Waals surface area (Å²) in [4.78, 5) is 0. The van der Waals surface area contributed by atoms with Crippen molar-refractivity contribution in [3.8, 4) is 5.75 Å². The Morgan fingerprint density at radius 3 is 2.86 bits per heavy atom. The summed E-state index contributed by atoms with van der Waals surface area (Å²) in [6.45, 7) is 2.34. The van der Waals surface area contributed by atoms with Gasteiger partial charge < -0.3 is 0 Å². The molecule has 1 aliphatic heterocycles. The molecule has 0 amide bonds. The fourth-order valence-electron chi connectivity index (χ4n) is 2.14. The minimum atomic E-state index is -0.967. The van der Waals surface area contributed by atoms with E-state index in [0.29, 0.717) is 5.75 Å². The van der Waals surface area contributed by atoms with E-state index in [4.69, 9.17) is 5.73 Å². The Bertz CT molecular complexity index is 406. The molecule has 1 heterocycles. The SMILES string of the molecule is CC1CC12CI2c1cc(O)ccc1N. The monoisotopic (exact) mass is 303 g/mol. The third-order valence-electron chi connectivity index (χ3n) is 3.33. The molecular weight excluding hydrogens is 289 g/mol. The van der Waals surface area contributed by atoms with Crippen LogP contribution < -0.4 is 5.73 Å². The molecule has 3 heteroatoms. The Hall–Kier alpha value is -0.450. The van der Waals surface area contributed by atoms with E-state index in [1.807, 2.05) is 12.1 Å². The maximum absolute atomic E-state index is 9.44. The number of nitrogens with two attached hydrogens (primary N) is 1. The Balaban J connectivity index is 1.95. The van der Waals surface area contributed by atoms with Gasteiger partial charge in [0.05, 0.1) is 0 Å². The molecule has 3 N–H and O–H groups in total. The van der Waals surface area contributed by atoms with E-state index < -0.39 is 19.8 Å². The third kappa shape index (κ3) is 1.08. The van der Waals surface area contributed by atoms with E-state index in [1.54, 1.807) is 6.07 Å². The molecular formula is C11H14INO. The van der Waals surface area contributed by atoms with Gasteiger partial charge in [0.25, 0.3) is 0 Å². The van der Waals surface area contributed by atoms with Crippen LogP contribution in [0.3, 0.4) is 0 Å². The number of benzene rings is 1. The number of nitrogen functional groups attached to an aromatic ring is 1. The number of phenols is 1. The van der Waals surface area contributed by atoms with Gasteiger partial charge in [0.2, 0.25) is 0 Å². The summed E-state index contributed by atoms with van der Waals surface area (Å²) in [6.07, 6.45) is 1.41. The van der Waals surface area contributed by atoms with Crippen molar-refractivity contribution in [2.75, 3.05) is 10.2 Å². The average molecular weight is 303 g/mol. The first-order valence-corrected chi connectivity index (χ1v) is 8.56. The molecule has 1 saturated heterocycles. The van der Waals surface area contributed by atoms with Gasteiger partial charge in [-0.2, -0.15) is 0 Å². The zero-order valence-electron chi connectivity index (χ0n) is 8.13. The Labute approximate surface area is 90.9 Å². The number of alkyl halides is 2. The number of rotatable bonds is 1. The molecule has 1 spiro atoms. The van der Waals surface area contributed by atoms with Gasteiger partial charge in [-0.1, -0.05) is 0 Å². The van der Waals surface area contributed by atoms with Gasteiger partial charge in [-0.15, -0.1) is 0 Å². The predicted octanol–water partition coefficient (Wildman–Crippen LogP) is 2.44. The molecule has 76 valence electrons. The fraction of sp³-hybridized carbons (Fsp3) is 0.455. The zero-order chi connectivity index (χ0) is 9.92. The number of halogens is 1. The van der Waals surface area contributed by atoms with Crippen LogP contribution in [0, 0.1) is 9.49 Å². The number of hydrogen-bond acceptors (Lipinski definition) is 2. The van der Waals surface area contributed by atoms with Gasteiger partial charge in [0.1, 0.15) is 0 Å². The van der Waals surface area contributed by atoms with Gasteiger partial charge in [-0.05, 0) is 0 Å². The van der Waals surface area contributed by atoms with Crippen molar-refractivity contribution in [1.82, 2.24) is 0 Å². The van der Waals surface area contributed by atoms with Crippen molar-refractivity contribution >= 4 is 25.5 Å². The van der Waals surface area contributed by atoms with Crippen molar-refractivity contribution < 1.29 is 5.11 Å². The molecule has 2 fully saturated rings. The molecule has 2 unspecified atom stereocenters. The third-order valence-corrected chi connectivity index (χ3v) is 11.3. The molecule has 0 radical (unpaired) electrons. The first kappa shape index (κ1) is 8.83. The van der Waals surface area contributed by atoms with Crippen LogP contribution in [0.4, 0.5) is 5.69 Å². The van der Waals surface area contributed by atoms with Gasteiger partial charge in [0.15, 0.2) is 0 Å². The minimum absolute atomic E-state index is 0.377. The summed E-state index contributed by atoms with van der Waals surface area (Å²) in [5.74, 6) is 1.30. The number of phenolic OH excluding ortho intramolecular Hbond substituents is 1. The molecule has 3 rings (SSSR count). The predicted molar refractivity (Wildman–Crippen MR) is 66.6 cm³/mol. The first-order valence-electron chi connectivity index (χ1n) is 4.88. The second-order valence-corrected chi connectivity index (χ2v) is 10.5. The van der Waals surface area contributed by atoms with E-state index in [2.05, 4.69) is 6.92 Å². The van der Waals surface area contributed by atoms with Crippen LogP contribution in [0.1, 0.15) is 13.3 Å². The molecule has 2 atom stereocenters. The summed E-state index contributed by atoms with van der Waals surface area (Å²) in [6, 6.07) is 5.43. The Morgan fingerprint density at radius 2 is 2.29 bits per heavy atom. The molecule has 14 heavy (non-hydrogen) atoms. The van der Waals surface area contributed by atoms with E-state index in [9.17, 15) is 5.11 Å².